The highest BCUT2D eigenvalue weighted by atomic mass is 35.5. The highest BCUT2D eigenvalue weighted by molar-refractivity contribution is 7.91. The number of amides is 1. The van der Waals surface area contributed by atoms with Gasteiger partial charge in [0.15, 0.2) is 0 Å². The number of anilines is 1. The highest BCUT2D eigenvalue weighted by Crippen LogP contribution is 2.30. The number of carbonyl (C=O) groups excluding carboxylic acids is 1. The zero-order chi connectivity index (χ0) is 23.6. The van der Waals surface area contributed by atoms with Crippen molar-refractivity contribution in [2.45, 2.75) is 29.7 Å². The monoisotopic (exact) mass is 478 g/mol. The van der Waals surface area contributed by atoms with Crippen molar-refractivity contribution in [3.8, 4) is 5.75 Å². The fourth-order valence-corrected chi connectivity index (χ4v) is 4.45. The van der Waals surface area contributed by atoms with Crippen molar-refractivity contribution in [2.75, 3.05) is 12.4 Å². The number of hydrogen-bond donors (Lipinski definition) is 1. The van der Waals surface area contributed by atoms with Gasteiger partial charge in [0.2, 0.25) is 15.7 Å². The molecule has 1 unspecified atom stereocenters. The Kier molecular flexibility index (Phi) is 6.51. The Labute approximate surface area is 188 Å². The van der Waals surface area contributed by atoms with Gasteiger partial charge in [0.25, 0.3) is 0 Å². The zero-order valence-corrected chi connectivity index (χ0v) is 18.8. The minimum Gasteiger partial charge on any atom is -0.497 e. The van der Waals surface area contributed by atoms with Gasteiger partial charge in [-0.25, -0.2) is 8.42 Å². The van der Waals surface area contributed by atoms with Crippen molar-refractivity contribution in [3.05, 3.63) is 69.5 Å². The number of nitro groups is 1. The Morgan fingerprint density at radius 3 is 2.44 bits per heavy atom. The number of halogens is 1. The van der Waals surface area contributed by atoms with Gasteiger partial charge < -0.3 is 10.1 Å². The average molecular weight is 479 g/mol. The summed E-state index contributed by atoms with van der Waals surface area (Å²) in [4.78, 5) is 23.1. The van der Waals surface area contributed by atoms with Gasteiger partial charge in [-0.2, -0.15) is 5.10 Å². The molecule has 1 heterocycles. The Balaban J connectivity index is 1.92. The van der Waals surface area contributed by atoms with Crippen LogP contribution in [-0.2, 0) is 14.6 Å². The molecule has 0 aliphatic carbocycles. The van der Waals surface area contributed by atoms with Crippen LogP contribution in [0.2, 0.25) is 5.02 Å². The third-order valence-corrected chi connectivity index (χ3v) is 6.78. The van der Waals surface area contributed by atoms with Crippen molar-refractivity contribution < 1.29 is 22.9 Å². The molecule has 12 heteroatoms. The van der Waals surface area contributed by atoms with Crippen LogP contribution in [0.5, 0.6) is 5.75 Å². The van der Waals surface area contributed by atoms with Crippen LogP contribution in [0, 0.1) is 17.0 Å². The van der Waals surface area contributed by atoms with Crippen LogP contribution in [0.25, 0.3) is 0 Å². The van der Waals surface area contributed by atoms with Gasteiger partial charge in [0, 0.05) is 16.8 Å². The first-order valence-corrected chi connectivity index (χ1v) is 11.1. The lowest BCUT2D eigenvalue weighted by Gasteiger charge is -2.15. The Hall–Kier alpha value is -3.44. The van der Waals surface area contributed by atoms with E-state index in [0.29, 0.717) is 5.02 Å². The molecule has 0 saturated heterocycles. The lowest BCUT2D eigenvalue weighted by Crippen LogP contribution is -2.25. The van der Waals surface area contributed by atoms with Crippen molar-refractivity contribution in [1.82, 2.24) is 9.78 Å². The molecule has 3 aromatic rings. The first-order valence-electron chi connectivity index (χ1n) is 9.23. The van der Waals surface area contributed by atoms with Gasteiger partial charge in [0.1, 0.15) is 23.7 Å². The number of benzene rings is 2. The molecule has 3 rings (SSSR count). The van der Waals surface area contributed by atoms with Crippen molar-refractivity contribution in [2.24, 2.45) is 0 Å². The largest absolute Gasteiger partial charge is 0.497 e. The van der Waals surface area contributed by atoms with Gasteiger partial charge in [-0.05, 0) is 50.2 Å². The molecule has 0 bridgehead atoms. The van der Waals surface area contributed by atoms with Crippen LogP contribution < -0.4 is 10.1 Å². The number of sulfone groups is 1. The molecule has 10 nitrogen and oxygen atoms in total. The second kappa shape index (κ2) is 8.97. The van der Waals surface area contributed by atoms with E-state index in [2.05, 4.69) is 10.4 Å². The Morgan fingerprint density at radius 1 is 1.22 bits per heavy atom. The molecule has 1 N–H and O–H groups in total. The average Bonchev–Trinajstić information content (AvgIpc) is 3.14. The predicted octanol–water partition coefficient (Wildman–Crippen LogP) is 3.79. The second-order valence-electron chi connectivity index (χ2n) is 6.84. The van der Waals surface area contributed by atoms with Crippen molar-refractivity contribution >= 4 is 38.7 Å². The first-order chi connectivity index (χ1) is 15.0. The van der Waals surface area contributed by atoms with Crippen LogP contribution in [-0.4, -0.2) is 36.1 Å². The quantitative estimate of drug-likeness (QED) is 0.403. The molecule has 1 amide bonds. The maximum atomic E-state index is 13.0. The van der Waals surface area contributed by atoms with E-state index in [4.69, 9.17) is 16.3 Å². The topological polar surface area (TPSA) is 133 Å². The number of methoxy groups -OCH3 is 1. The third-order valence-electron chi connectivity index (χ3n) is 4.78. The highest BCUT2D eigenvalue weighted by Gasteiger charge is 2.25. The van der Waals surface area contributed by atoms with E-state index < -0.39 is 26.7 Å². The van der Waals surface area contributed by atoms with Gasteiger partial charge in [-0.3, -0.25) is 19.6 Å². The minimum absolute atomic E-state index is 0.0280. The lowest BCUT2D eigenvalue weighted by molar-refractivity contribution is -0.385. The van der Waals surface area contributed by atoms with Gasteiger partial charge in [-0.15, -0.1) is 0 Å². The molecular formula is C20H19ClN4O6S. The van der Waals surface area contributed by atoms with Crippen LogP contribution in [0.4, 0.5) is 11.4 Å². The third kappa shape index (κ3) is 4.58. The number of carbonyl (C=O) groups is 1. The van der Waals surface area contributed by atoms with Gasteiger partial charge >= 0.3 is 5.69 Å². The molecule has 0 saturated carbocycles. The predicted molar refractivity (Wildman–Crippen MR) is 117 cm³/mol. The summed E-state index contributed by atoms with van der Waals surface area (Å²) < 4.78 is 32.5. The lowest BCUT2D eigenvalue weighted by atomic mass is 10.2. The number of rotatable bonds is 7. The second-order valence-corrected chi connectivity index (χ2v) is 9.22. The fourth-order valence-electron chi connectivity index (χ4n) is 3.01. The Morgan fingerprint density at radius 2 is 1.88 bits per heavy atom. The van der Waals surface area contributed by atoms with Crippen LogP contribution in [0.15, 0.2) is 58.5 Å². The molecule has 0 aliphatic heterocycles. The van der Waals surface area contributed by atoms with Gasteiger partial charge in [-0.1, -0.05) is 11.6 Å². The minimum atomic E-state index is -3.91. The van der Waals surface area contributed by atoms with Gasteiger partial charge in [0.05, 0.1) is 21.8 Å². The van der Waals surface area contributed by atoms with Crippen LogP contribution in [0.3, 0.4) is 0 Å². The Bertz CT molecular complexity index is 1290. The van der Waals surface area contributed by atoms with Crippen molar-refractivity contribution in [1.29, 1.82) is 0 Å². The van der Waals surface area contributed by atoms with Crippen molar-refractivity contribution in [3.63, 3.8) is 0 Å². The van der Waals surface area contributed by atoms with E-state index in [1.807, 2.05) is 0 Å². The molecule has 0 spiro atoms. The summed E-state index contributed by atoms with van der Waals surface area (Å²) in [5.74, 6) is -0.330. The smallest absolute Gasteiger partial charge is 0.309 e. The molecular weight excluding hydrogens is 460 g/mol. The summed E-state index contributed by atoms with van der Waals surface area (Å²) in [6, 6.07) is 8.89. The summed E-state index contributed by atoms with van der Waals surface area (Å²) in [6.45, 7) is 3.00. The summed E-state index contributed by atoms with van der Waals surface area (Å²) in [5, 5.41) is 18.0. The van der Waals surface area contributed by atoms with E-state index in [-0.39, 0.29) is 32.6 Å². The molecule has 168 valence electrons. The van der Waals surface area contributed by atoms with E-state index in [1.165, 1.54) is 68.1 Å². The number of aromatic nitrogens is 2. The maximum Gasteiger partial charge on any atom is 0.309 e. The molecule has 0 fully saturated rings. The summed E-state index contributed by atoms with van der Waals surface area (Å²) in [5.41, 5.74) is 0.185. The molecule has 1 aromatic heterocycles. The standard InChI is InChI=1S/C20H19ClN4O6S/c1-12-19(25(27)28)11-22-24(12)13(2)20(26)23-15-8-16(31-3)10-18(9-15)32(29,30)17-6-4-14(21)5-7-17/h4-11,13H,1-3H3,(H,23,26). The van der Waals surface area contributed by atoms with Crippen LogP contribution >= 0.6 is 11.6 Å². The number of nitrogens with one attached hydrogen (secondary N) is 1. The van der Waals surface area contributed by atoms with E-state index in [1.54, 1.807) is 0 Å². The van der Waals surface area contributed by atoms with E-state index in [9.17, 15) is 23.3 Å². The number of nitrogens with zero attached hydrogens (tertiary/aromatic N) is 3. The zero-order valence-electron chi connectivity index (χ0n) is 17.3. The summed E-state index contributed by atoms with van der Waals surface area (Å²) in [7, 11) is -2.54. The van der Waals surface area contributed by atoms with E-state index in [0.717, 1.165) is 6.20 Å². The maximum absolute atomic E-state index is 13.0. The molecule has 0 aliphatic rings. The fraction of sp³-hybridized carbons (Fsp3) is 0.200. The molecule has 2 aromatic carbocycles. The summed E-state index contributed by atoms with van der Waals surface area (Å²) in [6.07, 6.45) is 1.07. The number of hydrogen-bond acceptors (Lipinski definition) is 7. The molecule has 1 atom stereocenters. The number of ether oxygens (including phenoxy) is 1. The first kappa shape index (κ1) is 23.2. The summed E-state index contributed by atoms with van der Waals surface area (Å²) >= 11 is 5.84. The normalized spacial score (nSPS) is 12.2. The van der Waals surface area contributed by atoms with Crippen LogP contribution in [0.1, 0.15) is 18.7 Å². The van der Waals surface area contributed by atoms with E-state index >= 15 is 0 Å². The SMILES string of the molecule is COc1cc(NC(=O)C(C)n2ncc([N+](=O)[O-])c2C)cc(S(=O)(=O)c2ccc(Cl)cc2)c1. The molecule has 32 heavy (non-hydrogen) atoms. The molecule has 0 radical (unpaired) electrons.